The van der Waals surface area contributed by atoms with Crippen LogP contribution in [0.5, 0.6) is 0 Å². The van der Waals surface area contributed by atoms with Gasteiger partial charge in [-0.25, -0.2) is 4.39 Å². The zero-order chi connectivity index (χ0) is 19.8. The molecular weight excluding hydrogens is 363 g/mol. The second kappa shape index (κ2) is 10.5. The molecule has 0 aromatic heterocycles. The van der Waals surface area contributed by atoms with Crippen molar-refractivity contribution in [2.24, 2.45) is 0 Å². The van der Waals surface area contributed by atoms with Crippen LogP contribution in [0, 0.1) is 5.82 Å². The van der Waals surface area contributed by atoms with Gasteiger partial charge in [0.2, 0.25) is 11.8 Å². The van der Waals surface area contributed by atoms with E-state index in [-0.39, 0.29) is 17.6 Å². The highest BCUT2D eigenvalue weighted by Crippen LogP contribution is 2.05. The number of nitrogens with one attached hydrogen (secondary N) is 1. The number of rotatable bonds is 7. The van der Waals surface area contributed by atoms with Gasteiger partial charge in [0, 0.05) is 45.8 Å². The number of morpholine rings is 1. The molecule has 0 saturated carbocycles. The lowest BCUT2D eigenvalue weighted by Crippen LogP contribution is -2.53. The van der Waals surface area contributed by atoms with Crippen LogP contribution in [-0.2, 0) is 20.7 Å². The van der Waals surface area contributed by atoms with Crippen LogP contribution in [0.15, 0.2) is 24.3 Å². The van der Waals surface area contributed by atoms with Crippen LogP contribution in [-0.4, -0.2) is 98.6 Å². The van der Waals surface area contributed by atoms with Crippen LogP contribution in [0.25, 0.3) is 0 Å². The standard InChI is InChI=1S/C20H29FN4O3/c21-18-3-1-17(2-4-18)5-6-22-19(26)15-23-7-9-25(10-8-23)20(27)16-24-11-13-28-14-12-24/h1-4H,5-16H2,(H,22,26). The molecule has 0 radical (unpaired) electrons. The molecule has 0 bridgehead atoms. The lowest BCUT2D eigenvalue weighted by atomic mass is 10.1. The molecule has 2 aliphatic heterocycles. The molecule has 1 aromatic carbocycles. The van der Waals surface area contributed by atoms with Gasteiger partial charge in [-0.15, -0.1) is 0 Å². The van der Waals surface area contributed by atoms with Crippen LogP contribution in [0.4, 0.5) is 4.39 Å². The minimum Gasteiger partial charge on any atom is -0.379 e. The van der Waals surface area contributed by atoms with Gasteiger partial charge in [0.1, 0.15) is 5.82 Å². The van der Waals surface area contributed by atoms with Gasteiger partial charge in [0.25, 0.3) is 0 Å². The normalized spacial score (nSPS) is 18.8. The highest BCUT2D eigenvalue weighted by atomic mass is 19.1. The molecule has 2 aliphatic rings. The summed E-state index contributed by atoms with van der Waals surface area (Å²) in [4.78, 5) is 30.6. The molecule has 2 saturated heterocycles. The average Bonchev–Trinajstić information content (AvgIpc) is 2.71. The molecule has 1 aromatic rings. The number of ether oxygens (including phenoxy) is 1. The smallest absolute Gasteiger partial charge is 0.236 e. The third kappa shape index (κ3) is 6.54. The SMILES string of the molecule is O=C(CN1CCN(C(=O)CN2CCOCC2)CC1)NCCc1ccc(F)cc1. The predicted molar refractivity (Wildman–Crippen MR) is 103 cm³/mol. The summed E-state index contributed by atoms with van der Waals surface area (Å²) in [6, 6.07) is 6.32. The first-order valence-corrected chi connectivity index (χ1v) is 9.91. The number of amides is 2. The first-order valence-electron chi connectivity index (χ1n) is 9.91. The number of hydrogen-bond acceptors (Lipinski definition) is 5. The summed E-state index contributed by atoms with van der Waals surface area (Å²) in [5.74, 6) is -0.115. The number of halogens is 1. The van der Waals surface area contributed by atoms with Crippen molar-refractivity contribution < 1.29 is 18.7 Å². The topological polar surface area (TPSA) is 65.1 Å². The van der Waals surface area contributed by atoms with Gasteiger partial charge in [-0.3, -0.25) is 19.4 Å². The van der Waals surface area contributed by atoms with Crippen molar-refractivity contribution in [3.63, 3.8) is 0 Å². The molecule has 1 N–H and O–H groups in total. The van der Waals surface area contributed by atoms with Crippen LogP contribution < -0.4 is 5.32 Å². The van der Waals surface area contributed by atoms with Gasteiger partial charge in [0.05, 0.1) is 26.3 Å². The molecular formula is C20H29FN4O3. The molecule has 0 spiro atoms. The second-order valence-corrected chi connectivity index (χ2v) is 7.27. The fourth-order valence-corrected chi connectivity index (χ4v) is 3.46. The number of carbonyl (C=O) groups is 2. The van der Waals surface area contributed by atoms with Gasteiger partial charge in [-0.2, -0.15) is 0 Å². The molecule has 2 amide bonds. The van der Waals surface area contributed by atoms with Crippen LogP contribution in [0.3, 0.4) is 0 Å². The number of benzene rings is 1. The van der Waals surface area contributed by atoms with E-state index in [0.717, 1.165) is 18.7 Å². The van der Waals surface area contributed by atoms with Gasteiger partial charge in [0.15, 0.2) is 0 Å². The molecule has 154 valence electrons. The van der Waals surface area contributed by atoms with Gasteiger partial charge in [-0.1, -0.05) is 12.1 Å². The van der Waals surface area contributed by atoms with Crippen molar-refractivity contribution in [2.75, 3.05) is 72.1 Å². The third-order valence-corrected chi connectivity index (χ3v) is 5.20. The zero-order valence-electron chi connectivity index (χ0n) is 16.2. The van der Waals surface area contributed by atoms with Crippen molar-refractivity contribution in [3.05, 3.63) is 35.6 Å². The fourth-order valence-electron chi connectivity index (χ4n) is 3.46. The summed E-state index contributed by atoms with van der Waals surface area (Å²) in [5.41, 5.74) is 0.995. The molecule has 7 nitrogen and oxygen atoms in total. The monoisotopic (exact) mass is 392 g/mol. The van der Waals surface area contributed by atoms with E-state index in [0.29, 0.717) is 65.4 Å². The summed E-state index contributed by atoms with van der Waals surface area (Å²) >= 11 is 0. The van der Waals surface area contributed by atoms with Gasteiger partial charge >= 0.3 is 0 Å². The Morgan fingerprint density at radius 1 is 0.929 bits per heavy atom. The molecule has 0 aliphatic carbocycles. The Kier molecular flexibility index (Phi) is 7.76. The minimum absolute atomic E-state index is 0.0183. The van der Waals surface area contributed by atoms with E-state index >= 15 is 0 Å². The number of hydrogen-bond donors (Lipinski definition) is 1. The Hall–Kier alpha value is -2.03. The molecule has 28 heavy (non-hydrogen) atoms. The Labute approximate surface area is 165 Å². The third-order valence-electron chi connectivity index (χ3n) is 5.20. The van der Waals surface area contributed by atoms with E-state index in [1.807, 2.05) is 4.90 Å². The van der Waals surface area contributed by atoms with E-state index in [4.69, 9.17) is 4.74 Å². The second-order valence-electron chi connectivity index (χ2n) is 7.27. The summed E-state index contributed by atoms with van der Waals surface area (Å²) < 4.78 is 18.2. The Bertz CT molecular complexity index is 641. The Morgan fingerprint density at radius 2 is 1.57 bits per heavy atom. The van der Waals surface area contributed by atoms with Crippen molar-refractivity contribution in [1.82, 2.24) is 20.0 Å². The predicted octanol–water partition coefficient (Wildman–Crippen LogP) is -0.0392. The highest BCUT2D eigenvalue weighted by molar-refractivity contribution is 5.79. The number of piperazine rings is 1. The van der Waals surface area contributed by atoms with Crippen molar-refractivity contribution in [2.45, 2.75) is 6.42 Å². The summed E-state index contributed by atoms with van der Waals surface area (Å²) in [7, 11) is 0. The maximum absolute atomic E-state index is 12.9. The molecule has 2 heterocycles. The summed E-state index contributed by atoms with van der Waals surface area (Å²) in [5, 5.41) is 2.91. The maximum Gasteiger partial charge on any atom is 0.236 e. The largest absolute Gasteiger partial charge is 0.379 e. The summed E-state index contributed by atoms with van der Waals surface area (Å²) in [6.07, 6.45) is 0.676. The fraction of sp³-hybridized carbons (Fsp3) is 0.600. The number of carbonyl (C=O) groups excluding carboxylic acids is 2. The van der Waals surface area contributed by atoms with Crippen molar-refractivity contribution in [1.29, 1.82) is 0 Å². The highest BCUT2D eigenvalue weighted by Gasteiger charge is 2.24. The first kappa shape index (κ1) is 20.7. The van der Waals surface area contributed by atoms with E-state index < -0.39 is 0 Å². The van der Waals surface area contributed by atoms with E-state index in [2.05, 4.69) is 15.1 Å². The molecule has 8 heteroatoms. The Balaban J connectivity index is 1.30. The van der Waals surface area contributed by atoms with Crippen LogP contribution >= 0.6 is 0 Å². The lowest BCUT2D eigenvalue weighted by molar-refractivity contribution is -0.135. The summed E-state index contributed by atoms with van der Waals surface area (Å²) in [6.45, 7) is 7.06. The minimum atomic E-state index is -0.254. The van der Waals surface area contributed by atoms with Crippen LogP contribution in [0.2, 0.25) is 0 Å². The number of nitrogens with zero attached hydrogens (tertiary/aromatic N) is 3. The zero-order valence-corrected chi connectivity index (χ0v) is 16.2. The maximum atomic E-state index is 12.9. The average molecular weight is 392 g/mol. The van der Waals surface area contributed by atoms with E-state index in [1.165, 1.54) is 12.1 Å². The molecule has 0 atom stereocenters. The molecule has 2 fully saturated rings. The van der Waals surface area contributed by atoms with E-state index in [9.17, 15) is 14.0 Å². The first-order chi connectivity index (χ1) is 13.6. The van der Waals surface area contributed by atoms with E-state index in [1.54, 1.807) is 12.1 Å². The van der Waals surface area contributed by atoms with Crippen LogP contribution in [0.1, 0.15) is 5.56 Å². The molecule has 0 unspecified atom stereocenters. The van der Waals surface area contributed by atoms with Crippen molar-refractivity contribution in [3.8, 4) is 0 Å². The quantitative estimate of drug-likeness (QED) is 0.706. The molecule has 3 rings (SSSR count). The van der Waals surface area contributed by atoms with Gasteiger partial charge in [-0.05, 0) is 24.1 Å². The Morgan fingerprint density at radius 3 is 2.25 bits per heavy atom. The van der Waals surface area contributed by atoms with Gasteiger partial charge < -0.3 is 15.0 Å². The van der Waals surface area contributed by atoms with Crippen molar-refractivity contribution >= 4 is 11.8 Å². The lowest BCUT2D eigenvalue weighted by Gasteiger charge is -2.36.